The normalized spacial score (nSPS) is 10.8. The van der Waals surface area contributed by atoms with Gasteiger partial charge in [0.1, 0.15) is 5.75 Å². The van der Waals surface area contributed by atoms with Crippen LogP contribution >= 0.6 is 0 Å². The number of ether oxygens (including phenoxy) is 1. The fourth-order valence-electron chi connectivity index (χ4n) is 1.76. The second-order valence-corrected chi connectivity index (χ2v) is 3.92. The molecule has 98 valence electrons. The zero-order valence-corrected chi connectivity index (χ0v) is 10.5. The monoisotopic (exact) mass is 259 g/mol. The lowest BCUT2D eigenvalue weighted by Crippen LogP contribution is -2.16. The number of benzene rings is 1. The highest BCUT2D eigenvalue weighted by Crippen LogP contribution is 2.15. The van der Waals surface area contributed by atoms with E-state index in [1.165, 1.54) is 10.6 Å². The Balaban J connectivity index is 2.40. The number of allylic oxidation sites excluding steroid dienone is 1. The summed E-state index contributed by atoms with van der Waals surface area (Å²) in [5.41, 5.74) is 1.53. The summed E-state index contributed by atoms with van der Waals surface area (Å²) in [6, 6.07) is 9.96. The van der Waals surface area contributed by atoms with Crippen LogP contribution in [0.2, 0.25) is 0 Å². The minimum absolute atomic E-state index is 0.118. The maximum Gasteiger partial charge on any atom is 0.255 e. The highest BCUT2D eigenvalue weighted by molar-refractivity contribution is 5.49. The predicted molar refractivity (Wildman–Crippen MR) is 73.4 cm³/mol. The fraction of sp³-hybridized carbons (Fsp3) is 0.133. The van der Waals surface area contributed by atoms with E-state index in [1.54, 1.807) is 36.5 Å². The first-order valence-electron chi connectivity index (χ1n) is 5.89. The Hall–Kier alpha value is -2.36. The number of hydrogen-bond acceptors (Lipinski definition) is 2. The Kier molecular flexibility index (Phi) is 4.13. The molecular weight excluding hydrogens is 245 g/mol. The lowest BCUT2D eigenvalue weighted by molar-refractivity contribution is 0.192. The van der Waals surface area contributed by atoms with Gasteiger partial charge in [-0.2, -0.15) is 0 Å². The van der Waals surface area contributed by atoms with Gasteiger partial charge in [-0.15, -0.1) is 0 Å². The van der Waals surface area contributed by atoms with Gasteiger partial charge < -0.3 is 4.74 Å². The summed E-state index contributed by atoms with van der Waals surface area (Å²) in [5, 5.41) is 0. The fourth-order valence-corrected chi connectivity index (χ4v) is 1.76. The third kappa shape index (κ3) is 3.10. The second kappa shape index (κ2) is 6.00. The van der Waals surface area contributed by atoms with Crippen LogP contribution in [0.25, 0.3) is 11.8 Å². The molecule has 0 spiro atoms. The van der Waals surface area contributed by atoms with Crippen molar-refractivity contribution in [2.75, 3.05) is 6.86 Å². The highest BCUT2D eigenvalue weighted by Gasteiger charge is 2.01. The number of rotatable bonds is 4. The van der Waals surface area contributed by atoms with E-state index in [4.69, 9.17) is 4.74 Å². The molecule has 0 saturated heterocycles. The Morgan fingerprint density at radius 3 is 2.58 bits per heavy atom. The summed E-state index contributed by atoms with van der Waals surface area (Å²) in [6.45, 7) is 1.05. The molecule has 2 rings (SSSR count). The third-order valence-corrected chi connectivity index (χ3v) is 2.63. The number of pyridine rings is 1. The summed E-state index contributed by atoms with van der Waals surface area (Å²) in [7, 11) is 0. The van der Waals surface area contributed by atoms with Crippen LogP contribution in [0.15, 0.2) is 53.5 Å². The molecule has 4 heteroatoms. The molecule has 0 N–H and O–H groups in total. The van der Waals surface area contributed by atoms with Crippen molar-refractivity contribution in [3.63, 3.8) is 0 Å². The SMILES string of the molecule is C/C=C/c1ccc(=O)n(-c2ccc(OCF)cc2)c1. The number of aromatic nitrogens is 1. The lowest BCUT2D eigenvalue weighted by atomic mass is 10.2. The summed E-state index contributed by atoms with van der Waals surface area (Å²) in [4.78, 5) is 11.8. The Morgan fingerprint density at radius 1 is 1.21 bits per heavy atom. The Labute approximate surface area is 110 Å². The van der Waals surface area contributed by atoms with E-state index in [9.17, 15) is 9.18 Å². The van der Waals surface area contributed by atoms with E-state index in [1.807, 2.05) is 19.1 Å². The highest BCUT2D eigenvalue weighted by atomic mass is 19.1. The molecule has 0 atom stereocenters. The maximum atomic E-state index is 12.0. The van der Waals surface area contributed by atoms with Gasteiger partial charge in [0, 0.05) is 18.0 Å². The zero-order chi connectivity index (χ0) is 13.7. The minimum Gasteiger partial charge on any atom is -0.463 e. The van der Waals surface area contributed by atoms with Crippen molar-refractivity contribution in [3.05, 3.63) is 64.6 Å². The largest absolute Gasteiger partial charge is 0.463 e. The zero-order valence-electron chi connectivity index (χ0n) is 10.5. The molecule has 1 aromatic heterocycles. The molecule has 0 aliphatic heterocycles. The average Bonchev–Trinajstić information content (AvgIpc) is 2.43. The smallest absolute Gasteiger partial charge is 0.255 e. The molecule has 1 heterocycles. The molecule has 0 unspecified atom stereocenters. The van der Waals surface area contributed by atoms with Crippen LogP contribution in [0.3, 0.4) is 0 Å². The summed E-state index contributed by atoms with van der Waals surface area (Å²) < 4.78 is 18.3. The van der Waals surface area contributed by atoms with Crippen molar-refractivity contribution in [2.45, 2.75) is 6.92 Å². The van der Waals surface area contributed by atoms with Crippen LogP contribution in [0.5, 0.6) is 5.75 Å². The topological polar surface area (TPSA) is 31.2 Å². The second-order valence-electron chi connectivity index (χ2n) is 3.92. The average molecular weight is 259 g/mol. The van der Waals surface area contributed by atoms with Gasteiger partial charge in [0.15, 0.2) is 0 Å². The van der Waals surface area contributed by atoms with E-state index in [0.717, 1.165) is 5.56 Å². The van der Waals surface area contributed by atoms with E-state index in [-0.39, 0.29) is 5.56 Å². The standard InChI is InChI=1S/C15H14FNO2/c1-2-3-12-4-9-15(18)17(10-12)13-5-7-14(8-6-13)19-11-16/h2-10H,11H2,1H3/b3-2+. The molecule has 19 heavy (non-hydrogen) atoms. The molecule has 2 aromatic rings. The molecule has 1 aromatic carbocycles. The van der Waals surface area contributed by atoms with E-state index in [0.29, 0.717) is 11.4 Å². The molecule has 0 radical (unpaired) electrons. The molecule has 0 aliphatic carbocycles. The van der Waals surface area contributed by atoms with Gasteiger partial charge in [-0.05, 0) is 42.8 Å². The maximum absolute atomic E-state index is 12.0. The van der Waals surface area contributed by atoms with Crippen molar-refractivity contribution >= 4 is 6.08 Å². The van der Waals surface area contributed by atoms with E-state index < -0.39 is 6.86 Å². The van der Waals surface area contributed by atoms with Crippen molar-refractivity contribution < 1.29 is 9.13 Å². The number of halogens is 1. The quantitative estimate of drug-likeness (QED) is 0.844. The van der Waals surface area contributed by atoms with Gasteiger partial charge in [-0.25, -0.2) is 4.39 Å². The van der Waals surface area contributed by atoms with Crippen LogP contribution < -0.4 is 10.3 Å². The number of alkyl halides is 1. The Bertz CT molecular complexity index is 629. The van der Waals surface area contributed by atoms with Crippen LogP contribution in [0, 0.1) is 0 Å². The minimum atomic E-state index is -0.865. The number of hydrogen-bond donors (Lipinski definition) is 0. The van der Waals surface area contributed by atoms with Gasteiger partial charge >= 0.3 is 0 Å². The van der Waals surface area contributed by atoms with Gasteiger partial charge in [-0.1, -0.05) is 12.2 Å². The summed E-state index contributed by atoms with van der Waals surface area (Å²) in [5.74, 6) is 0.434. The first kappa shape index (κ1) is 13.1. The first-order valence-corrected chi connectivity index (χ1v) is 5.89. The predicted octanol–water partition coefficient (Wildman–Crippen LogP) is 3.18. The van der Waals surface area contributed by atoms with Gasteiger partial charge in [0.2, 0.25) is 6.86 Å². The van der Waals surface area contributed by atoms with Gasteiger partial charge in [0.05, 0.1) is 0 Å². The summed E-state index contributed by atoms with van der Waals surface area (Å²) in [6.07, 6.45) is 5.58. The van der Waals surface area contributed by atoms with Gasteiger partial charge in [-0.3, -0.25) is 9.36 Å². The first-order chi connectivity index (χ1) is 9.24. The van der Waals surface area contributed by atoms with Crippen LogP contribution in [0.4, 0.5) is 4.39 Å². The molecule has 0 aliphatic rings. The van der Waals surface area contributed by atoms with Crippen molar-refractivity contribution in [1.82, 2.24) is 4.57 Å². The lowest BCUT2D eigenvalue weighted by Gasteiger charge is -2.07. The molecular formula is C15H14FNO2. The van der Waals surface area contributed by atoms with E-state index >= 15 is 0 Å². The molecule has 0 bridgehead atoms. The number of nitrogens with zero attached hydrogens (tertiary/aromatic N) is 1. The van der Waals surface area contributed by atoms with Crippen molar-refractivity contribution in [3.8, 4) is 11.4 Å². The molecule has 0 saturated carbocycles. The van der Waals surface area contributed by atoms with Gasteiger partial charge in [0.25, 0.3) is 5.56 Å². The van der Waals surface area contributed by atoms with E-state index in [2.05, 4.69) is 0 Å². The Morgan fingerprint density at radius 2 is 1.95 bits per heavy atom. The molecule has 0 fully saturated rings. The third-order valence-electron chi connectivity index (χ3n) is 2.63. The molecule has 3 nitrogen and oxygen atoms in total. The summed E-state index contributed by atoms with van der Waals surface area (Å²) >= 11 is 0. The van der Waals surface area contributed by atoms with Crippen molar-refractivity contribution in [2.24, 2.45) is 0 Å². The van der Waals surface area contributed by atoms with Crippen molar-refractivity contribution in [1.29, 1.82) is 0 Å². The van der Waals surface area contributed by atoms with Crippen LogP contribution in [-0.4, -0.2) is 11.4 Å². The van der Waals surface area contributed by atoms with Crippen LogP contribution in [-0.2, 0) is 0 Å². The molecule has 0 amide bonds. The van der Waals surface area contributed by atoms with Crippen LogP contribution in [0.1, 0.15) is 12.5 Å².